The summed E-state index contributed by atoms with van der Waals surface area (Å²) >= 11 is 5.16. The topological polar surface area (TPSA) is 76.1 Å². The molecule has 116 valence electrons. The molecular weight excluding hydrogens is 314 g/mol. The van der Waals surface area contributed by atoms with Crippen LogP contribution in [0.15, 0.2) is 53.3 Å². The van der Waals surface area contributed by atoms with Crippen LogP contribution in [0, 0.1) is 4.77 Å². The highest BCUT2D eigenvalue weighted by Crippen LogP contribution is 2.17. The average Bonchev–Trinajstić information content (AvgIpc) is 2.58. The summed E-state index contributed by atoms with van der Waals surface area (Å²) < 4.78 is 6.28. The second kappa shape index (κ2) is 6.05. The van der Waals surface area contributed by atoms with Crippen molar-refractivity contribution >= 4 is 29.0 Å². The standard InChI is InChI=1S/C16H13N3O3S/c1-22-13-9-5-3-7-11(13)14(20)18-19-15(21)10-6-2-4-8-12(10)17-16(19)23/h2-9H,1H3,(H,17,23)(H,18,20). The van der Waals surface area contributed by atoms with Gasteiger partial charge >= 0.3 is 0 Å². The van der Waals surface area contributed by atoms with Gasteiger partial charge in [0.05, 0.1) is 23.6 Å². The van der Waals surface area contributed by atoms with E-state index < -0.39 is 11.5 Å². The lowest BCUT2D eigenvalue weighted by Crippen LogP contribution is -2.34. The first-order valence-electron chi connectivity index (χ1n) is 6.80. The maximum atomic E-state index is 12.5. The predicted octanol–water partition coefficient (Wildman–Crippen LogP) is 2.45. The summed E-state index contributed by atoms with van der Waals surface area (Å²) in [5.74, 6) is -0.0759. The van der Waals surface area contributed by atoms with Crippen LogP contribution in [0.25, 0.3) is 10.9 Å². The number of fused-ring (bicyclic) bond motifs is 1. The highest BCUT2D eigenvalue weighted by atomic mass is 32.1. The van der Waals surface area contributed by atoms with Gasteiger partial charge in [-0.25, -0.2) is 0 Å². The highest BCUT2D eigenvalue weighted by Gasteiger charge is 2.14. The third kappa shape index (κ3) is 2.74. The molecule has 0 unspecified atom stereocenters. The minimum atomic E-state index is -0.487. The minimum absolute atomic E-state index is 0.108. The molecule has 6 nitrogen and oxygen atoms in total. The van der Waals surface area contributed by atoms with Crippen molar-refractivity contribution in [2.24, 2.45) is 0 Å². The van der Waals surface area contributed by atoms with Crippen LogP contribution in [0.3, 0.4) is 0 Å². The summed E-state index contributed by atoms with van der Waals surface area (Å²) in [4.78, 5) is 27.8. The number of rotatable bonds is 3. The summed E-state index contributed by atoms with van der Waals surface area (Å²) in [5, 5.41) is 0.432. The number of nitrogens with zero attached hydrogens (tertiary/aromatic N) is 1. The van der Waals surface area contributed by atoms with E-state index in [1.807, 2.05) is 0 Å². The van der Waals surface area contributed by atoms with Crippen molar-refractivity contribution in [1.29, 1.82) is 0 Å². The molecule has 1 amide bonds. The lowest BCUT2D eigenvalue weighted by atomic mass is 10.2. The van der Waals surface area contributed by atoms with E-state index in [9.17, 15) is 9.59 Å². The number of hydrogen-bond donors (Lipinski definition) is 2. The van der Waals surface area contributed by atoms with E-state index >= 15 is 0 Å². The van der Waals surface area contributed by atoms with Gasteiger partial charge in [-0.3, -0.25) is 15.0 Å². The third-order valence-corrected chi connectivity index (χ3v) is 3.65. The Balaban J connectivity index is 2.07. The average molecular weight is 327 g/mol. The zero-order valence-corrected chi connectivity index (χ0v) is 13.0. The second-order valence-electron chi connectivity index (χ2n) is 4.76. The van der Waals surface area contributed by atoms with Gasteiger partial charge in [0, 0.05) is 0 Å². The molecule has 0 atom stereocenters. The fourth-order valence-electron chi connectivity index (χ4n) is 2.26. The van der Waals surface area contributed by atoms with Crippen LogP contribution < -0.4 is 15.7 Å². The molecule has 1 aromatic heterocycles. The van der Waals surface area contributed by atoms with Crippen molar-refractivity contribution in [3.63, 3.8) is 0 Å². The summed E-state index contributed by atoms with van der Waals surface area (Å²) in [7, 11) is 1.47. The number of carbonyl (C=O) groups is 1. The van der Waals surface area contributed by atoms with E-state index in [2.05, 4.69) is 10.4 Å². The Hall–Kier alpha value is -2.93. The molecule has 3 aromatic rings. The van der Waals surface area contributed by atoms with Crippen molar-refractivity contribution in [2.45, 2.75) is 0 Å². The third-order valence-electron chi connectivity index (χ3n) is 3.37. The van der Waals surface area contributed by atoms with Crippen LogP contribution in [-0.4, -0.2) is 22.7 Å². The van der Waals surface area contributed by atoms with E-state index in [-0.39, 0.29) is 4.77 Å². The number of aromatic nitrogens is 2. The van der Waals surface area contributed by atoms with Gasteiger partial charge in [0.1, 0.15) is 5.75 Å². The largest absolute Gasteiger partial charge is 0.496 e. The summed E-state index contributed by atoms with van der Waals surface area (Å²) in [6.07, 6.45) is 0. The number of H-pyrrole nitrogens is 1. The lowest BCUT2D eigenvalue weighted by molar-refractivity contribution is 0.100. The zero-order chi connectivity index (χ0) is 16.4. The van der Waals surface area contributed by atoms with Crippen molar-refractivity contribution in [3.8, 4) is 5.75 Å². The molecule has 0 spiro atoms. The molecule has 0 aliphatic heterocycles. The Morgan fingerprint density at radius 1 is 1.17 bits per heavy atom. The number of carbonyl (C=O) groups excluding carboxylic acids is 1. The number of hydrogen-bond acceptors (Lipinski definition) is 4. The fourth-order valence-corrected chi connectivity index (χ4v) is 2.50. The van der Waals surface area contributed by atoms with Crippen LogP contribution in [0.2, 0.25) is 0 Å². The van der Waals surface area contributed by atoms with Crippen LogP contribution in [0.1, 0.15) is 10.4 Å². The van der Waals surface area contributed by atoms with Gasteiger partial charge < -0.3 is 9.72 Å². The SMILES string of the molecule is COc1ccccc1C(=O)Nn1c(=S)[nH]c2ccccc2c1=O. The highest BCUT2D eigenvalue weighted by molar-refractivity contribution is 7.71. The number of methoxy groups -OCH3 is 1. The molecule has 0 saturated carbocycles. The molecule has 0 radical (unpaired) electrons. The lowest BCUT2D eigenvalue weighted by Gasteiger charge is -2.11. The molecule has 23 heavy (non-hydrogen) atoms. The van der Waals surface area contributed by atoms with Gasteiger partial charge in [0.2, 0.25) is 0 Å². The summed E-state index contributed by atoms with van der Waals surface area (Å²) in [6, 6.07) is 13.7. The first-order valence-corrected chi connectivity index (χ1v) is 7.21. The van der Waals surface area contributed by atoms with E-state index in [1.165, 1.54) is 7.11 Å². The molecule has 0 fully saturated rings. The molecule has 3 rings (SSSR count). The molecule has 2 N–H and O–H groups in total. The molecular formula is C16H13N3O3S. The Morgan fingerprint density at radius 3 is 2.65 bits per heavy atom. The number of para-hydroxylation sites is 2. The number of nitrogens with one attached hydrogen (secondary N) is 2. The number of aromatic amines is 1. The van der Waals surface area contributed by atoms with Crippen LogP contribution in [0.5, 0.6) is 5.75 Å². The van der Waals surface area contributed by atoms with Gasteiger partial charge in [-0.1, -0.05) is 24.3 Å². The van der Waals surface area contributed by atoms with Crippen LogP contribution in [-0.2, 0) is 0 Å². The molecule has 0 bridgehead atoms. The Bertz CT molecular complexity index is 1010. The van der Waals surface area contributed by atoms with Gasteiger partial charge in [0.25, 0.3) is 11.5 Å². The van der Waals surface area contributed by atoms with Crippen LogP contribution >= 0.6 is 12.2 Å². The Morgan fingerprint density at radius 2 is 1.87 bits per heavy atom. The molecule has 0 saturated heterocycles. The summed E-state index contributed by atoms with van der Waals surface area (Å²) in [6.45, 7) is 0. The number of amides is 1. The minimum Gasteiger partial charge on any atom is -0.496 e. The van der Waals surface area contributed by atoms with E-state index in [0.29, 0.717) is 22.2 Å². The van der Waals surface area contributed by atoms with Gasteiger partial charge in [-0.2, -0.15) is 4.68 Å². The first kappa shape index (κ1) is 15.0. The van der Waals surface area contributed by atoms with Crippen molar-refractivity contribution in [2.75, 3.05) is 12.5 Å². The van der Waals surface area contributed by atoms with Crippen molar-refractivity contribution in [1.82, 2.24) is 9.66 Å². The quantitative estimate of drug-likeness (QED) is 0.725. The smallest absolute Gasteiger partial charge is 0.281 e. The Kier molecular flexibility index (Phi) is 3.94. The van der Waals surface area contributed by atoms with E-state index in [4.69, 9.17) is 17.0 Å². The first-order chi connectivity index (χ1) is 11.1. The molecule has 1 heterocycles. The normalized spacial score (nSPS) is 10.5. The molecule has 0 aliphatic rings. The van der Waals surface area contributed by atoms with Gasteiger partial charge in [-0.05, 0) is 36.5 Å². The van der Waals surface area contributed by atoms with E-state index in [1.54, 1.807) is 48.5 Å². The second-order valence-corrected chi connectivity index (χ2v) is 5.14. The summed E-state index contributed by atoms with van der Waals surface area (Å²) in [5.41, 5.74) is 3.04. The Labute approximate surface area is 136 Å². The maximum absolute atomic E-state index is 12.5. The van der Waals surface area contributed by atoms with Gasteiger partial charge in [0.15, 0.2) is 4.77 Å². The molecule has 0 aliphatic carbocycles. The van der Waals surface area contributed by atoms with Crippen molar-refractivity contribution < 1.29 is 9.53 Å². The van der Waals surface area contributed by atoms with Crippen LogP contribution in [0.4, 0.5) is 0 Å². The number of benzene rings is 2. The van der Waals surface area contributed by atoms with Gasteiger partial charge in [-0.15, -0.1) is 0 Å². The zero-order valence-electron chi connectivity index (χ0n) is 12.2. The van der Waals surface area contributed by atoms with E-state index in [0.717, 1.165) is 4.68 Å². The van der Waals surface area contributed by atoms with Crippen molar-refractivity contribution in [3.05, 3.63) is 69.2 Å². The fraction of sp³-hybridized carbons (Fsp3) is 0.0625. The number of ether oxygens (including phenoxy) is 1. The monoisotopic (exact) mass is 327 g/mol. The molecule has 2 aromatic carbocycles. The maximum Gasteiger partial charge on any atom is 0.281 e. The molecule has 7 heteroatoms. The predicted molar refractivity (Wildman–Crippen MR) is 90.1 cm³/mol.